The van der Waals surface area contributed by atoms with Crippen LogP contribution >= 0.6 is 0 Å². The van der Waals surface area contributed by atoms with Crippen LogP contribution in [0, 0.1) is 0 Å². The molecular weight excluding hydrogens is 421 g/mol. The zero-order chi connectivity index (χ0) is 20.1. The first-order valence-corrected chi connectivity index (χ1v) is 13.0. The molecule has 0 atom stereocenters. The van der Waals surface area contributed by atoms with Crippen LogP contribution in [-0.2, 0) is 8.56 Å². The van der Waals surface area contributed by atoms with Gasteiger partial charge in [-0.15, -0.1) is 0 Å². The minimum absolute atomic E-state index is 0.299. The summed E-state index contributed by atoms with van der Waals surface area (Å²) in [7, 11) is 12.4. The number of likely N-dealkylation sites (N-methyl/N-ethyl adjacent to an activating group) is 3. The van der Waals surface area contributed by atoms with E-state index in [-0.39, 0.29) is 16.8 Å². The molecule has 0 N–H and O–H groups in total. The summed E-state index contributed by atoms with van der Waals surface area (Å²) in [6, 6.07) is 0. The molecule has 0 aromatic carbocycles. The van der Waals surface area contributed by atoms with Crippen molar-refractivity contribution in [2.75, 3.05) is 61.9 Å². The molecule has 0 saturated carbocycles. The summed E-state index contributed by atoms with van der Waals surface area (Å²) in [5, 5.41) is 0. The van der Waals surface area contributed by atoms with E-state index >= 15 is 0 Å². The van der Waals surface area contributed by atoms with Crippen molar-refractivity contribution < 1.29 is 8.56 Å². The molecule has 0 aromatic heterocycles. The zero-order valence-corrected chi connectivity index (χ0v) is 22.1. The zero-order valence-electron chi connectivity index (χ0n) is 18.8. The van der Waals surface area contributed by atoms with Gasteiger partial charge >= 0.3 is 166 Å². The summed E-state index contributed by atoms with van der Waals surface area (Å²) in [4.78, 5) is 6.41. The average Bonchev–Trinajstić information content (AvgIpc) is 2.18. The molecule has 0 rings (SSSR count). The van der Waals surface area contributed by atoms with Crippen LogP contribution in [-0.4, -0.2) is 116 Å². The Bertz CT molecular complexity index is 329. The predicted molar refractivity (Wildman–Crippen MR) is 107 cm³/mol. The second-order valence-electron chi connectivity index (χ2n) is 9.63. The fourth-order valence-corrected chi connectivity index (χ4v) is 8.76. The van der Waals surface area contributed by atoms with Gasteiger partial charge in [-0.3, -0.25) is 0 Å². The summed E-state index contributed by atoms with van der Waals surface area (Å²) in [5.74, 6) is 0. The Morgan fingerprint density at radius 1 is 0.520 bits per heavy atom. The van der Waals surface area contributed by atoms with Crippen LogP contribution in [0.1, 0.15) is 41.5 Å². The van der Waals surface area contributed by atoms with Gasteiger partial charge in [0, 0.05) is 0 Å². The molecule has 0 saturated heterocycles. The van der Waals surface area contributed by atoms with Crippen molar-refractivity contribution in [3.05, 3.63) is 0 Å². The predicted octanol–water partition coefficient (Wildman–Crippen LogP) is 2.04. The third-order valence-corrected chi connectivity index (χ3v) is 10.4. The quantitative estimate of drug-likeness (QED) is 0.441. The van der Waals surface area contributed by atoms with E-state index in [1.807, 2.05) is 0 Å². The molecule has 0 aliphatic rings. The van der Waals surface area contributed by atoms with E-state index in [0.29, 0.717) is 0 Å². The van der Waals surface area contributed by atoms with Gasteiger partial charge in [0.25, 0.3) is 0 Å². The van der Waals surface area contributed by atoms with E-state index in [1.165, 1.54) is 0 Å². The monoisotopic (exact) mass is 463 g/mol. The van der Waals surface area contributed by atoms with Crippen molar-refractivity contribution in [1.29, 1.82) is 0 Å². The first-order chi connectivity index (χ1) is 11.0. The van der Waals surface area contributed by atoms with Crippen LogP contribution in [0.15, 0.2) is 0 Å². The molecular formula is C18H42InN3O3. The second-order valence-corrected chi connectivity index (χ2v) is 13.3. The molecule has 0 radical (unpaired) electrons. The third-order valence-electron chi connectivity index (χ3n) is 3.34. The molecule has 0 unspecified atom stereocenters. The Morgan fingerprint density at radius 3 is 0.880 bits per heavy atom. The molecule has 0 aliphatic heterocycles. The van der Waals surface area contributed by atoms with Gasteiger partial charge in [-0.05, 0) is 0 Å². The fraction of sp³-hybridized carbons (Fsp3) is 1.00. The molecule has 150 valence electrons. The molecule has 0 amide bonds. The Labute approximate surface area is 166 Å². The number of hydrogen-bond acceptors (Lipinski definition) is 6. The molecule has 6 nitrogen and oxygen atoms in total. The van der Waals surface area contributed by atoms with Gasteiger partial charge < -0.3 is 0 Å². The van der Waals surface area contributed by atoms with Crippen LogP contribution in [0.3, 0.4) is 0 Å². The van der Waals surface area contributed by atoms with Crippen LogP contribution in [0.5, 0.6) is 0 Å². The average molecular weight is 463 g/mol. The van der Waals surface area contributed by atoms with Crippen LogP contribution in [0.4, 0.5) is 0 Å². The van der Waals surface area contributed by atoms with Crippen molar-refractivity contribution in [3.8, 4) is 0 Å². The second kappa shape index (κ2) is 10.2. The van der Waals surface area contributed by atoms with Gasteiger partial charge in [0.05, 0.1) is 0 Å². The third kappa shape index (κ3) is 13.4. The summed E-state index contributed by atoms with van der Waals surface area (Å²) < 4.78 is 19.4. The van der Waals surface area contributed by atoms with E-state index in [2.05, 4.69) is 98.5 Å². The van der Waals surface area contributed by atoms with Gasteiger partial charge in [0.1, 0.15) is 0 Å². The topological polar surface area (TPSA) is 37.4 Å². The van der Waals surface area contributed by atoms with Crippen molar-refractivity contribution in [2.45, 2.75) is 58.3 Å². The van der Waals surface area contributed by atoms with Crippen molar-refractivity contribution in [2.24, 2.45) is 0 Å². The summed E-state index contributed by atoms with van der Waals surface area (Å²) in [6.45, 7) is 15.2. The van der Waals surface area contributed by atoms with Gasteiger partial charge in [-0.2, -0.15) is 0 Å². The fourth-order valence-electron chi connectivity index (χ4n) is 3.25. The Hall–Kier alpha value is 0.630. The summed E-state index contributed by atoms with van der Waals surface area (Å²) in [6.07, 6.45) is 0. The SMILES string of the molecule is CN(C)CC(C)(C)[O][In]([O]C(C)(C)CN(C)C)[O]C(C)(C)CN(C)C. The molecule has 0 spiro atoms. The van der Waals surface area contributed by atoms with Crippen LogP contribution < -0.4 is 0 Å². The normalized spacial score (nSPS) is 14.0. The van der Waals surface area contributed by atoms with Gasteiger partial charge in [-0.25, -0.2) is 0 Å². The number of hydrogen-bond donors (Lipinski definition) is 0. The van der Waals surface area contributed by atoms with E-state index in [1.54, 1.807) is 0 Å². The molecule has 7 heteroatoms. The molecule has 0 bridgehead atoms. The summed E-state index contributed by atoms with van der Waals surface area (Å²) in [5.41, 5.74) is -0.897. The molecule has 0 fully saturated rings. The number of rotatable bonds is 12. The van der Waals surface area contributed by atoms with Crippen molar-refractivity contribution in [1.82, 2.24) is 14.7 Å². The maximum atomic E-state index is 6.47. The first-order valence-electron chi connectivity index (χ1n) is 9.01. The summed E-state index contributed by atoms with van der Waals surface area (Å²) >= 11 is -3.20. The van der Waals surface area contributed by atoms with E-state index < -0.39 is 22.7 Å². The molecule has 0 aromatic rings. The minimum atomic E-state index is -3.20. The molecule has 0 aliphatic carbocycles. The van der Waals surface area contributed by atoms with Gasteiger partial charge in [0.2, 0.25) is 0 Å². The number of nitrogens with zero attached hydrogens (tertiary/aromatic N) is 3. The van der Waals surface area contributed by atoms with Crippen molar-refractivity contribution in [3.63, 3.8) is 0 Å². The van der Waals surface area contributed by atoms with E-state index in [0.717, 1.165) is 19.6 Å². The van der Waals surface area contributed by atoms with E-state index in [4.69, 9.17) is 8.56 Å². The maximum absolute atomic E-state index is 6.47. The van der Waals surface area contributed by atoms with Crippen molar-refractivity contribution >= 4 is 22.7 Å². The Morgan fingerprint density at radius 2 is 0.720 bits per heavy atom. The van der Waals surface area contributed by atoms with Crippen LogP contribution in [0.25, 0.3) is 0 Å². The first kappa shape index (κ1) is 25.6. The molecule has 0 heterocycles. The van der Waals surface area contributed by atoms with Crippen LogP contribution in [0.2, 0.25) is 0 Å². The van der Waals surface area contributed by atoms with Gasteiger partial charge in [-0.1, -0.05) is 0 Å². The Balaban J connectivity index is 5.23. The Kier molecular flexibility index (Phi) is 10.5. The van der Waals surface area contributed by atoms with Gasteiger partial charge in [0.15, 0.2) is 0 Å². The molecule has 25 heavy (non-hydrogen) atoms. The standard InChI is InChI=1S/3C6H14NO.In/c3*1-6(2,8)5-7(3)4;/h3*5H2,1-4H3;/q3*-1;+3. The van der Waals surface area contributed by atoms with E-state index in [9.17, 15) is 0 Å².